The summed E-state index contributed by atoms with van der Waals surface area (Å²) in [6.07, 6.45) is 3.53. The summed E-state index contributed by atoms with van der Waals surface area (Å²) in [7, 11) is 0. The van der Waals surface area contributed by atoms with E-state index in [1.807, 2.05) is 78.9 Å². The Balaban J connectivity index is 1.50. The van der Waals surface area contributed by atoms with Gasteiger partial charge in [0.05, 0.1) is 5.69 Å². The van der Waals surface area contributed by atoms with Gasteiger partial charge in [-0.05, 0) is 36.4 Å². The molecule has 1 aliphatic rings. The smallest absolute Gasteiger partial charge is 0.164 e. The van der Waals surface area contributed by atoms with E-state index in [4.69, 9.17) is 4.99 Å². The molecule has 1 aliphatic heterocycles. The monoisotopic (exact) mass is 375 g/mol. The van der Waals surface area contributed by atoms with Crippen LogP contribution in [-0.4, -0.2) is 21.6 Å². The van der Waals surface area contributed by atoms with Crippen LogP contribution in [0.25, 0.3) is 11.3 Å². The number of anilines is 1. The van der Waals surface area contributed by atoms with E-state index in [9.17, 15) is 0 Å². The Bertz CT molecular complexity index is 1210. The molecule has 2 aromatic heterocycles. The van der Waals surface area contributed by atoms with Gasteiger partial charge in [-0.2, -0.15) is 0 Å². The molecule has 2 aromatic carbocycles. The third-order valence-electron chi connectivity index (χ3n) is 4.60. The average molecular weight is 375 g/mol. The number of nitrogens with one attached hydrogen (secondary N) is 1. The summed E-state index contributed by atoms with van der Waals surface area (Å²) >= 11 is 0. The lowest BCUT2D eigenvalue weighted by Gasteiger charge is -2.09. The van der Waals surface area contributed by atoms with Crippen molar-refractivity contribution >= 4 is 23.2 Å². The van der Waals surface area contributed by atoms with E-state index < -0.39 is 0 Å². The minimum Gasteiger partial charge on any atom is -0.340 e. The fourth-order valence-electron chi connectivity index (χ4n) is 3.25. The van der Waals surface area contributed by atoms with Crippen LogP contribution in [0.5, 0.6) is 0 Å². The van der Waals surface area contributed by atoms with Crippen molar-refractivity contribution in [3.05, 3.63) is 108 Å². The minimum absolute atomic E-state index is 0.638. The average Bonchev–Trinajstić information content (AvgIpc) is 3.12. The zero-order chi connectivity index (χ0) is 19.5. The first-order valence-electron chi connectivity index (χ1n) is 9.33. The van der Waals surface area contributed by atoms with E-state index in [2.05, 4.69) is 26.3 Å². The van der Waals surface area contributed by atoms with Gasteiger partial charge in [0.15, 0.2) is 11.7 Å². The zero-order valence-electron chi connectivity index (χ0n) is 15.5. The van der Waals surface area contributed by atoms with Crippen LogP contribution >= 0.6 is 0 Å². The van der Waals surface area contributed by atoms with Crippen LogP contribution in [0.15, 0.2) is 107 Å². The number of aliphatic imine (C=N–C) groups is 2. The predicted molar refractivity (Wildman–Crippen MR) is 117 cm³/mol. The summed E-state index contributed by atoms with van der Waals surface area (Å²) in [6.45, 7) is 0. The molecule has 5 heteroatoms. The summed E-state index contributed by atoms with van der Waals surface area (Å²) in [6, 6.07) is 27.8. The number of rotatable bonds is 3. The van der Waals surface area contributed by atoms with Crippen LogP contribution in [0.3, 0.4) is 0 Å². The van der Waals surface area contributed by atoms with Crippen molar-refractivity contribution in [2.45, 2.75) is 0 Å². The highest BCUT2D eigenvalue weighted by atomic mass is 15.1. The number of aromatic nitrogens is 2. The molecule has 0 amide bonds. The highest BCUT2D eigenvalue weighted by molar-refractivity contribution is 6.26. The molecule has 0 aliphatic carbocycles. The molecule has 0 fully saturated rings. The topological polar surface area (TPSA) is 62.5 Å². The van der Waals surface area contributed by atoms with Crippen LogP contribution < -0.4 is 5.32 Å². The molecule has 4 aromatic rings. The Morgan fingerprint density at radius 3 is 2.28 bits per heavy atom. The second-order valence-corrected chi connectivity index (χ2v) is 6.55. The second-order valence-electron chi connectivity index (χ2n) is 6.55. The molecule has 0 radical (unpaired) electrons. The molecule has 0 spiro atoms. The zero-order valence-corrected chi connectivity index (χ0v) is 15.5. The summed E-state index contributed by atoms with van der Waals surface area (Å²) in [5.74, 6) is 2.07. The Hall–Kier alpha value is -4.12. The number of fused-ring (bicyclic) bond motifs is 1. The van der Waals surface area contributed by atoms with E-state index in [1.165, 1.54) is 0 Å². The lowest BCUT2D eigenvalue weighted by atomic mass is 10.1. The largest absolute Gasteiger partial charge is 0.340 e. The van der Waals surface area contributed by atoms with E-state index in [-0.39, 0.29) is 0 Å². The van der Waals surface area contributed by atoms with E-state index in [0.717, 1.165) is 33.9 Å². The van der Waals surface area contributed by atoms with Crippen LogP contribution in [0, 0.1) is 0 Å². The van der Waals surface area contributed by atoms with Crippen LogP contribution in [0.2, 0.25) is 0 Å². The fourth-order valence-corrected chi connectivity index (χ4v) is 3.25. The van der Waals surface area contributed by atoms with Gasteiger partial charge >= 0.3 is 0 Å². The fraction of sp³-hybridized carbons (Fsp3) is 0. The number of nitrogens with zero attached hydrogens (tertiary/aromatic N) is 4. The SMILES string of the molecule is c1ccc(/N=C2\N=C(Nc3cccc(-c4ccccn4)c3)c3ccccc32)nc1. The van der Waals surface area contributed by atoms with Gasteiger partial charge in [-0.15, -0.1) is 0 Å². The van der Waals surface area contributed by atoms with Crippen molar-refractivity contribution in [1.82, 2.24) is 9.97 Å². The van der Waals surface area contributed by atoms with Crippen molar-refractivity contribution in [3.63, 3.8) is 0 Å². The lowest BCUT2D eigenvalue weighted by Crippen LogP contribution is -2.11. The van der Waals surface area contributed by atoms with E-state index in [1.54, 1.807) is 12.4 Å². The molecule has 1 N–H and O–H groups in total. The van der Waals surface area contributed by atoms with Crippen molar-refractivity contribution in [2.75, 3.05) is 5.32 Å². The van der Waals surface area contributed by atoms with Gasteiger partial charge in [0.2, 0.25) is 0 Å². The molecule has 0 unspecified atom stereocenters. The van der Waals surface area contributed by atoms with Gasteiger partial charge in [0, 0.05) is 34.8 Å². The molecule has 5 nitrogen and oxygen atoms in total. The first-order chi connectivity index (χ1) is 14.4. The van der Waals surface area contributed by atoms with Gasteiger partial charge in [0.1, 0.15) is 5.84 Å². The number of pyridine rings is 2. The molecule has 3 heterocycles. The summed E-state index contributed by atoms with van der Waals surface area (Å²) < 4.78 is 0. The number of hydrogen-bond acceptors (Lipinski definition) is 4. The highest BCUT2D eigenvalue weighted by Gasteiger charge is 2.21. The molecular weight excluding hydrogens is 358 g/mol. The maximum atomic E-state index is 4.75. The summed E-state index contributed by atoms with van der Waals surface area (Å²) in [5.41, 5.74) is 4.93. The third-order valence-corrected chi connectivity index (χ3v) is 4.60. The van der Waals surface area contributed by atoms with Crippen LogP contribution in [0.4, 0.5) is 11.5 Å². The van der Waals surface area contributed by atoms with Crippen molar-refractivity contribution in [1.29, 1.82) is 0 Å². The maximum Gasteiger partial charge on any atom is 0.164 e. The van der Waals surface area contributed by atoms with Gasteiger partial charge < -0.3 is 5.32 Å². The predicted octanol–water partition coefficient (Wildman–Crippen LogP) is 5.09. The molecule has 0 atom stereocenters. The summed E-state index contributed by atoms with van der Waals surface area (Å²) in [4.78, 5) is 18.1. The van der Waals surface area contributed by atoms with Gasteiger partial charge in [-0.1, -0.05) is 48.5 Å². The Labute approximate surface area is 168 Å². The standard InChI is InChI=1S/C24H17N5/c1-2-11-20-19(10-1)23(29-24(20)28-22-13-4-6-15-26-22)27-18-9-7-8-17(16-18)21-12-3-5-14-25-21/h1-16H,(H,26,27,28,29). The molecular formula is C24H17N5. The van der Waals surface area contributed by atoms with Crippen molar-refractivity contribution in [2.24, 2.45) is 9.98 Å². The second kappa shape index (κ2) is 7.48. The quantitative estimate of drug-likeness (QED) is 0.542. The highest BCUT2D eigenvalue weighted by Crippen LogP contribution is 2.25. The third kappa shape index (κ3) is 3.53. The normalized spacial score (nSPS) is 13.8. The Morgan fingerprint density at radius 1 is 0.690 bits per heavy atom. The molecule has 0 saturated carbocycles. The summed E-state index contributed by atoms with van der Waals surface area (Å²) in [5, 5.41) is 3.44. The van der Waals surface area contributed by atoms with E-state index in [0.29, 0.717) is 11.7 Å². The first-order valence-corrected chi connectivity index (χ1v) is 9.33. The van der Waals surface area contributed by atoms with E-state index >= 15 is 0 Å². The maximum absolute atomic E-state index is 4.75. The number of amidine groups is 2. The Morgan fingerprint density at radius 2 is 1.48 bits per heavy atom. The minimum atomic E-state index is 0.638. The van der Waals surface area contributed by atoms with Crippen molar-refractivity contribution < 1.29 is 0 Å². The van der Waals surface area contributed by atoms with Crippen LogP contribution in [-0.2, 0) is 0 Å². The van der Waals surface area contributed by atoms with Gasteiger partial charge in [0.25, 0.3) is 0 Å². The Kier molecular flexibility index (Phi) is 4.39. The molecule has 29 heavy (non-hydrogen) atoms. The lowest BCUT2D eigenvalue weighted by molar-refractivity contribution is 1.27. The molecule has 0 saturated heterocycles. The van der Waals surface area contributed by atoms with Crippen LogP contribution in [0.1, 0.15) is 11.1 Å². The van der Waals surface area contributed by atoms with Gasteiger partial charge in [-0.3, -0.25) is 4.98 Å². The molecule has 0 bridgehead atoms. The van der Waals surface area contributed by atoms with Gasteiger partial charge in [-0.25, -0.2) is 15.0 Å². The molecule has 5 rings (SSSR count). The first kappa shape index (κ1) is 17.0. The number of benzene rings is 2. The molecule has 138 valence electrons. The number of hydrogen-bond donors (Lipinski definition) is 1. The van der Waals surface area contributed by atoms with Crippen molar-refractivity contribution in [3.8, 4) is 11.3 Å².